The van der Waals surface area contributed by atoms with Gasteiger partial charge in [-0.3, -0.25) is 0 Å². The van der Waals surface area contributed by atoms with Gasteiger partial charge in [-0.25, -0.2) is 17.9 Å². The molecule has 2 aromatic rings. The van der Waals surface area contributed by atoms with Crippen LogP contribution in [-0.2, 0) is 21.4 Å². The maximum absolute atomic E-state index is 12.0. The first-order chi connectivity index (χ1) is 10.9. The minimum Gasteiger partial charge on any atom is -0.457 e. The number of ether oxygens (including phenoxy) is 1. The summed E-state index contributed by atoms with van der Waals surface area (Å²) in [4.78, 5) is 12.1. The molecule has 0 fully saturated rings. The Morgan fingerprint density at radius 1 is 1.13 bits per heavy atom. The van der Waals surface area contributed by atoms with Gasteiger partial charge in [-0.2, -0.15) is 0 Å². The van der Waals surface area contributed by atoms with Crippen LogP contribution in [0.15, 0.2) is 53.4 Å². The molecule has 1 N–H and O–H groups in total. The predicted molar refractivity (Wildman–Crippen MR) is 87.9 cm³/mol. The van der Waals surface area contributed by atoms with Gasteiger partial charge in [-0.05, 0) is 30.3 Å². The van der Waals surface area contributed by atoms with E-state index in [0.29, 0.717) is 17.1 Å². The summed E-state index contributed by atoms with van der Waals surface area (Å²) >= 11 is 5.99. The topological polar surface area (TPSA) is 72.5 Å². The largest absolute Gasteiger partial charge is 0.457 e. The van der Waals surface area contributed by atoms with Crippen molar-refractivity contribution in [1.29, 1.82) is 0 Å². The lowest BCUT2D eigenvalue weighted by atomic mass is 10.2. The summed E-state index contributed by atoms with van der Waals surface area (Å²) in [6.07, 6.45) is 0. The number of sulfonamides is 1. The first-order valence-corrected chi connectivity index (χ1v) is 8.80. The smallest absolute Gasteiger partial charge is 0.338 e. The van der Waals surface area contributed by atoms with Crippen molar-refractivity contribution in [2.75, 3.05) is 6.54 Å². The minimum absolute atomic E-state index is 0.0515. The Hall–Kier alpha value is -1.89. The van der Waals surface area contributed by atoms with Crippen molar-refractivity contribution in [1.82, 2.24) is 4.72 Å². The molecule has 0 saturated carbocycles. The molecule has 122 valence electrons. The number of hydrogen-bond acceptors (Lipinski definition) is 4. The molecular formula is C16H16ClNO4S. The van der Waals surface area contributed by atoms with Gasteiger partial charge in [0, 0.05) is 17.1 Å². The van der Waals surface area contributed by atoms with Crippen LogP contribution in [0.4, 0.5) is 0 Å². The zero-order chi connectivity index (χ0) is 16.9. The monoisotopic (exact) mass is 353 g/mol. The number of hydrogen-bond donors (Lipinski definition) is 1. The second kappa shape index (κ2) is 7.59. The number of carbonyl (C=O) groups is 1. The fourth-order valence-electron chi connectivity index (χ4n) is 1.89. The van der Waals surface area contributed by atoms with Crippen LogP contribution in [-0.4, -0.2) is 20.9 Å². The Balaban J connectivity index is 2.05. The van der Waals surface area contributed by atoms with E-state index in [0.717, 1.165) is 0 Å². The summed E-state index contributed by atoms with van der Waals surface area (Å²) in [7, 11) is -3.53. The molecule has 0 saturated heterocycles. The molecule has 0 aliphatic rings. The third-order valence-corrected chi connectivity index (χ3v) is 4.98. The molecular weight excluding hydrogens is 338 g/mol. The van der Waals surface area contributed by atoms with Crippen LogP contribution < -0.4 is 4.72 Å². The molecule has 0 aromatic heterocycles. The van der Waals surface area contributed by atoms with Gasteiger partial charge < -0.3 is 4.74 Å². The molecule has 5 nitrogen and oxygen atoms in total. The van der Waals surface area contributed by atoms with Gasteiger partial charge in [-0.1, -0.05) is 36.7 Å². The number of rotatable bonds is 6. The van der Waals surface area contributed by atoms with E-state index in [2.05, 4.69) is 4.72 Å². The molecule has 0 heterocycles. The number of esters is 1. The van der Waals surface area contributed by atoms with Gasteiger partial charge in [0.2, 0.25) is 10.0 Å². The van der Waals surface area contributed by atoms with E-state index in [1.54, 1.807) is 31.2 Å². The van der Waals surface area contributed by atoms with E-state index in [-0.39, 0.29) is 17.1 Å². The molecule has 7 heteroatoms. The summed E-state index contributed by atoms with van der Waals surface area (Å²) in [5.74, 6) is -0.544. The Morgan fingerprint density at radius 2 is 1.78 bits per heavy atom. The van der Waals surface area contributed by atoms with Crippen LogP contribution in [0.1, 0.15) is 22.8 Å². The van der Waals surface area contributed by atoms with E-state index >= 15 is 0 Å². The van der Waals surface area contributed by atoms with Gasteiger partial charge in [0.15, 0.2) is 0 Å². The lowest BCUT2D eigenvalue weighted by Gasteiger charge is -2.08. The SMILES string of the molecule is CCNS(=O)(=O)c1ccc(C(=O)OCc2ccccc2Cl)cc1. The maximum atomic E-state index is 12.0. The Labute approximate surface area is 140 Å². The van der Waals surface area contributed by atoms with Gasteiger partial charge in [-0.15, -0.1) is 0 Å². The average Bonchev–Trinajstić information content (AvgIpc) is 2.54. The zero-order valence-corrected chi connectivity index (χ0v) is 14.0. The quantitative estimate of drug-likeness (QED) is 0.810. The van der Waals surface area contributed by atoms with Gasteiger partial charge in [0.1, 0.15) is 6.61 Å². The standard InChI is InChI=1S/C16H16ClNO4S/c1-2-18-23(20,21)14-9-7-12(8-10-14)16(19)22-11-13-5-3-4-6-15(13)17/h3-10,18H,2,11H2,1H3. The van der Waals surface area contributed by atoms with Crippen LogP contribution in [0, 0.1) is 0 Å². The van der Waals surface area contributed by atoms with Crippen molar-refractivity contribution in [2.45, 2.75) is 18.4 Å². The molecule has 0 atom stereocenters. The van der Waals surface area contributed by atoms with Crippen molar-refractivity contribution in [2.24, 2.45) is 0 Å². The van der Waals surface area contributed by atoms with Crippen LogP contribution in [0.25, 0.3) is 0 Å². The summed E-state index contributed by atoms with van der Waals surface area (Å²) in [5, 5.41) is 0.521. The number of benzene rings is 2. The molecule has 0 aliphatic carbocycles. The summed E-state index contributed by atoms with van der Waals surface area (Å²) in [5.41, 5.74) is 0.973. The second-order valence-corrected chi connectivity index (χ2v) is 6.87. The molecule has 0 bridgehead atoms. The normalized spacial score (nSPS) is 11.2. The van der Waals surface area contributed by atoms with E-state index in [9.17, 15) is 13.2 Å². The van der Waals surface area contributed by atoms with Crippen molar-refractivity contribution >= 4 is 27.6 Å². The van der Waals surface area contributed by atoms with Crippen molar-refractivity contribution in [3.63, 3.8) is 0 Å². The van der Waals surface area contributed by atoms with Crippen LogP contribution in [0.3, 0.4) is 0 Å². The molecule has 0 spiro atoms. The summed E-state index contributed by atoms with van der Waals surface area (Å²) < 4.78 is 31.2. The van der Waals surface area contributed by atoms with Gasteiger partial charge in [0.05, 0.1) is 10.5 Å². The first kappa shape index (κ1) is 17.5. The highest BCUT2D eigenvalue weighted by atomic mass is 35.5. The lowest BCUT2D eigenvalue weighted by Crippen LogP contribution is -2.23. The number of carbonyl (C=O) groups excluding carboxylic acids is 1. The Bertz CT molecular complexity index is 788. The molecule has 2 aromatic carbocycles. The lowest BCUT2D eigenvalue weighted by molar-refractivity contribution is 0.0473. The van der Waals surface area contributed by atoms with Crippen molar-refractivity contribution < 1.29 is 17.9 Å². The van der Waals surface area contributed by atoms with E-state index in [4.69, 9.17) is 16.3 Å². The van der Waals surface area contributed by atoms with Crippen LogP contribution in [0.5, 0.6) is 0 Å². The van der Waals surface area contributed by atoms with E-state index < -0.39 is 16.0 Å². The molecule has 0 unspecified atom stereocenters. The molecule has 0 aliphatic heterocycles. The molecule has 23 heavy (non-hydrogen) atoms. The summed E-state index contributed by atoms with van der Waals surface area (Å²) in [6, 6.07) is 12.6. The molecule has 0 radical (unpaired) electrons. The average molecular weight is 354 g/mol. The van der Waals surface area contributed by atoms with Crippen LogP contribution >= 0.6 is 11.6 Å². The Kier molecular flexibility index (Phi) is 5.76. The highest BCUT2D eigenvalue weighted by Gasteiger charge is 2.14. The number of nitrogens with one attached hydrogen (secondary N) is 1. The second-order valence-electron chi connectivity index (χ2n) is 4.69. The highest BCUT2D eigenvalue weighted by Crippen LogP contribution is 2.17. The summed E-state index contributed by atoms with van der Waals surface area (Å²) in [6.45, 7) is 2.04. The van der Waals surface area contributed by atoms with Crippen LogP contribution in [0.2, 0.25) is 5.02 Å². The van der Waals surface area contributed by atoms with E-state index in [1.165, 1.54) is 24.3 Å². The third kappa shape index (κ3) is 4.54. The third-order valence-electron chi connectivity index (χ3n) is 3.05. The maximum Gasteiger partial charge on any atom is 0.338 e. The Morgan fingerprint density at radius 3 is 2.39 bits per heavy atom. The first-order valence-electron chi connectivity index (χ1n) is 6.94. The fourth-order valence-corrected chi connectivity index (χ4v) is 3.12. The van der Waals surface area contributed by atoms with Crippen molar-refractivity contribution in [3.05, 3.63) is 64.7 Å². The van der Waals surface area contributed by atoms with Gasteiger partial charge >= 0.3 is 5.97 Å². The van der Waals surface area contributed by atoms with E-state index in [1.807, 2.05) is 0 Å². The minimum atomic E-state index is -3.53. The molecule has 0 amide bonds. The highest BCUT2D eigenvalue weighted by molar-refractivity contribution is 7.89. The predicted octanol–water partition coefficient (Wildman–Crippen LogP) is 3.00. The number of halogens is 1. The fraction of sp³-hybridized carbons (Fsp3) is 0.188. The van der Waals surface area contributed by atoms with Crippen molar-refractivity contribution in [3.8, 4) is 0 Å². The zero-order valence-electron chi connectivity index (χ0n) is 12.5. The van der Waals surface area contributed by atoms with Gasteiger partial charge in [0.25, 0.3) is 0 Å². The molecule has 2 rings (SSSR count).